The highest BCUT2D eigenvalue weighted by Gasteiger charge is 2.24. The van der Waals surface area contributed by atoms with Gasteiger partial charge in [0.1, 0.15) is 5.75 Å². The van der Waals surface area contributed by atoms with Crippen molar-refractivity contribution in [3.05, 3.63) is 24.3 Å². The van der Waals surface area contributed by atoms with Gasteiger partial charge in [-0.15, -0.1) is 10.2 Å². The van der Waals surface area contributed by atoms with Crippen LogP contribution in [0.25, 0.3) is 11.4 Å². The molecule has 1 aromatic heterocycles. The zero-order valence-corrected chi connectivity index (χ0v) is 16.5. The Morgan fingerprint density at radius 3 is 2.85 bits per heavy atom. The number of piperidine rings is 1. The minimum Gasteiger partial charge on any atom is -0.496 e. The number of hydrogen-bond donors (Lipinski definition) is 0. The molecule has 1 fully saturated rings. The van der Waals surface area contributed by atoms with Gasteiger partial charge in [0, 0.05) is 19.1 Å². The number of amides is 1. The van der Waals surface area contributed by atoms with Crippen molar-refractivity contribution in [2.45, 2.75) is 50.9 Å². The summed E-state index contributed by atoms with van der Waals surface area (Å²) in [7, 11) is 1.65. The van der Waals surface area contributed by atoms with E-state index in [1.807, 2.05) is 33.7 Å². The average Bonchev–Trinajstić information content (AvgIpc) is 3.09. The summed E-state index contributed by atoms with van der Waals surface area (Å²) in [4.78, 5) is 14.6. The molecule has 0 radical (unpaired) electrons. The predicted molar refractivity (Wildman–Crippen MR) is 103 cm³/mol. The van der Waals surface area contributed by atoms with Crippen molar-refractivity contribution < 1.29 is 9.53 Å². The standard InChI is InChI=1S/C19H26N4O2S/c1-4-22-18(15-10-5-6-11-16(15)25-3)20-21-19(22)26-13-17(24)23-12-8-7-9-14(23)2/h5-6,10-11,14H,4,7-9,12-13H2,1-3H3. The summed E-state index contributed by atoms with van der Waals surface area (Å²) in [5.41, 5.74) is 0.909. The molecule has 0 aliphatic carbocycles. The number of aromatic nitrogens is 3. The molecule has 1 saturated heterocycles. The van der Waals surface area contributed by atoms with Gasteiger partial charge >= 0.3 is 0 Å². The third-order valence-electron chi connectivity index (χ3n) is 4.83. The lowest BCUT2D eigenvalue weighted by atomic mass is 10.0. The van der Waals surface area contributed by atoms with E-state index >= 15 is 0 Å². The third-order valence-corrected chi connectivity index (χ3v) is 5.78. The van der Waals surface area contributed by atoms with Crippen molar-refractivity contribution in [3.8, 4) is 17.1 Å². The molecule has 0 spiro atoms. The van der Waals surface area contributed by atoms with Crippen LogP contribution in [0.15, 0.2) is 29.4 Å². The second-order valence-corrected chi connectivity index (χ2v) is 7.41. The smallest absolute Gasteiger partial charge is 0.233 e. The summed E-state index contributed by atoms with van der Waals surface area (Å²) in [6, 6.07) is 8.12. The molecule has 3 rings (SSSR count). The van der Waals surface area contributed by atoms with Gasteiger partial charge < -0.3 is 14.2 Å². The normalized spacial score (nSPS) is 17.3. The van der Waals surface area contributed by atoms with Crippen molar-refractivity contribution in [3.63, 3.8) is 0 Å². The number of thioether (sulfide) groups is 1. The SMILES string of the molecule is CCn1c(SCC(=O)N2CCCCC2C)nnc1-c1ccccc1OC. The lowest BCUT2D eigenvalue weighted by molar-refractivity contribution is -0.131. The summed E-state index contributed by atoms with van der Waals surface area (Å²) >= 11 is 1.46. The van der Waals surface area contributed by atoms with Crippen molar-refractivity contribution >= 4 is 17.7 Å². The van der Waals surface area contributed by atoms with Crippen molar-refractivity contribution in [2.24, 2.45) is 0 Å². The first-order valence-corrected chi connectivity index (χ1v) is 10.1. The molecule has 1 aliphatic heterocycles. The van der Waals surface area contributed by atoms with Gasteiger partial charge in [-0.25, -0.2) is 0 Å². The van der Waals surface area contributed by atoms with Crippen LogP contribution in [0.2, 0.25) is 0 Å². The first-order valence-electron chi connectivity index (χ1n) is 9.14. The van der Waals surface area contributed by atoms with Gasteiger partial charge in [-0.1, -0.05) is 23.9 Å². The molecule has 6 nitrogen and oxygen atoms in total. The lowest BCUT2D eigenvalue weighted by Crippen LogP contribution is -2.43. The number of hydrogen-bond acceptors (Lipinski definition) is 5. The van der Waals surface area contributed by atoms with Gasteiger partial charge in [0.2, 0.25) is 5.91 Å². The second-order valence-electron chi connectivity index (χ2n) is 6.47. The number of likely N-dealkylation sites (tertiary alicyclic amines) is 1. The fraction of sp³-hybridized carbons (Fsp3) is 0.526. The van der Waals surface area contributed by atoms with E-state index in [4.69, 9.17) is 4.74 Å². The zero-order valence-electron chi connectivity index (χ0n) is 15.6. The molecule has 2 aromatic rings. The third kappa shape index (κ3) is 3.87. The molecule has 1 unspecified atom stereocenters. The molecule has 140 valence electrons. The highest BCUT2D eigenvalue weighted by Crippen LogP contribution is 2.31. The molecule has 0 bridgehead atoms. The molecule has 1 aliphatic rings. The predicted octanol–water partition coefficient (Wildman–Crippen LogP) is 3.47. The van der Waals surface area contributed by atoms with E-state index in [2.05, 4.69) is 24.0 Å². The van der Waals surface area contributed by atoms with E-state index in [1.165, 1.54) is 18.2 Å². The Hall–Kier alpha value is -2.02. The van der Waals surface area contributed by atoms with E-state index in [0.29, 0.717) is 11.8 Å². The maximum Gasteiger partial charge on any atom is 0.233 e. The fourth-order valence-electron chi connectivity index (χ4n) is 3.39. The number of rotatable bonds is 6. The molecular weight excluding hydrogens is 348 g/mol. The van der Waals surface area contributed by atoms with Crippen LogP contribution in [0.4, 0.5) is 0 Å². The summed E-state index contributed by atoms with van der Waals surface area (Å²) in [6.45, 7) is 5.79. The molecule has 1 amide bonds. The van der Waals surface area contributed by atoms with Crippen LogP contribution in [0.1, 0.15) is 33.1 Å². The maximum atomic E-state index is 12.6. The Balaban J connectivity index is 1.75. The van der Waals surface area contributed by atoms with Crippen LogP contribution in [-0.4, -0.2) is 51.0 Å². The molecule has 7 heteroatoms. The lowest BCUT2D eigenvalue weighted by Gasteiger charge is -2.33. The summed E-state index contributed by atoms with van der Waals surface area (Å²) in [5.74, 6) is 2.12. The van der Waals surface area contributed by atoms with E-state index < -0.39 is 0 Å². The van der Waals surface area contributed by atoms with Crippen LogP contribution in [0.3, 0.4) is 0 Å². The minimum atomic E-state index is 0.187. The van der Waals surface area contributed by atoms with Crippen LogP contribution < -0.4 is 4.74 Å². The van der Waals surface area contributed by atoms with Crippen molar-refractivity contribution in [1.82, 2.24) is 19.7 Å². The van der Waals surface area contributed by atoms with Crippen molar-refractivity contribution in [1.29, 1.82) is 0 Å². The molecule has 2 heterocycles. The van der Waals surface area contributed by atoms with Crippen molar-refractivity contribution in [2.75, 3.05) is 19.4 Å². The van der Waals surface area contributed by atoms with Gasteiger partial charge in [-0.3, -0.25) is 4.79 Å². The van der Waals surface area contributed by atoms with Crippen LogP contribution >= 0.6 is 11.8 Å². The Morgan fingerprint density at radius 1 is 1.31 bits per heavy atom. The van der Waals surface area contributed by atoms with Gasteiger partial charge in [0.15, 0.2) is 11.0 Å². The Morgan fingerprint density at radius 2 is 2.12 bits per heavy atom. The second kappa shape index (κ2) is 8.58. The van der Waals surface area contributed by atoms with Crippen LogP contribution in [0, 0.1) is 0 Å². The number of nitrogens with zero attached hydrogens (tertiary/aromatic N) is 4. The highest BCUT2D eigenvalue weighted by atomic mass is 32.2. The van der Waals surface area contributed by atoms with E-state index in [-0.39, 0.29) is 5.91 Å². The number of methoxy groups -OCH3 is 1. The Kier molecular flexibility index (Phi) is 6.19. The fourth-order valence-corrected chi connectivity index (χ4v) is 4.28. The molecule has 1 aromatic carbocycles. The van der Waals surface area contributed by atoms with E-state index in [9.17, 15) is 4.79 Å². The minimum absolute atomic E-state index is 0.187. The summed E-state index contributed by atoms with van der Waals surface area (Å²) in [6.07, 6.45) is 3.41. The number of carbonyl (C=O) groups excluding carboxylic acids is 1. The van der Waals surface area contributed by atoms with Crippen LogP contribution in [-0.2, 0) is 11.3 Å². The first kappa shape index (κ1) is 18.8. The molecule has 0 N–H and O–H groups in total. The topological polar surface area (TPSA) is 60.2 Å². The number of ether oxygens (including phenoxy) is 1. The van der Waals surface area contributed by atoms with E-state index in [0.717, 1.165) is 48.2 Å². The Labute approximate surface area is 158 Å². The molecule has 0 saturated carbocycles. The highest BCUT2D eigenvalue weighted by molar-refractivity contribution is 7.99. The van der Waals surface area contributed by atoms with Gasteiger partial charge in [0.25, 0.3) is 0 Å². The van der Waals surface area contributed by atoms with E-state index in [1.54, 1.807) is 7.11 Å². The van der Waals surface area contributed by atoms with Gasteiger partial charge in [0.05, 0.1) is 18.4 Å². The molecule has 1 atom stereocenters. The zero-order chi connectivity index (χ0) is 18.5. The molecular formula is C19H26N4O2S. The van der Waals surface area contributed by atoms with Crippen LogP contribution in [0.5, 0.6) is 5.75 Å². The number of benzene rings is 1. The number of carbonyl (C=O) groups is 1. The monoisotopic (exact) mass is 374 g/mol. The average molecular weight is 375 g/mol. The maximum absolute atomic E-state index is 12.6. The Bertz CT molecular complexity index is 762. The first-order chi connectivity index (χ1) is 12.7. The van der Waals surface area contributed by atoms with Gasteiger partial charge in [-0.05, 0) is 45.2 Å². The summed E-state index contributed by atoms with van der Waals surface area (Å²) in [5, 5.41) is 9.45. The largest absolute Gasteiger partial charge is 0.496 e. The summed E-state index contributed by atoms with van der Waals surface area (Å²) < 4.78 is 7.49. The quantitative estimate of drug-likeness (QED) is 0.725. The number of para-hydroxylation sites is 1. The van der Waals surface area contributed by atoms with Gasteiger partial charge in [-0.2, -0.15) is 0 Å². The molecule has 26 heavy (non-hydrogen) atoms.